The highest BCUT2D eigenvalue weighted by Gasteiger charge is 2.42. The predicted molar refractivity (Wildman–Crippen MR) is 58.0 cm³/mol. The Balaban J connectivity index is 2.59. The van der Waals surface area contributed by atoms with Crippen LogP contribution in [0.1, 0.15) is 19.3 Å². The third kappa shape index (κ3) is 3.58. The highest BCUT2D eigenvalue weighted by molar-refractivity contribution is 4.93. The van der Waals surface area contributed by atoms with Gasteiger partial charge in [0.25, 0.3) is 0 Å². The van der Waals surface area contributed by atoms with Crippen molar-refractivity contribution in [1.29, 1.82) is 5.26 Å². The van der Waals surface area contributed by atoms with Gasteiger partial charge >= 0.3 is 6.18 Å². The molecule has 6 heteroatoms. The van der Waals surface area contributed by atoms with Crippen molar-refractivity contribution in [1.82, 2.24) is 4.90 Å². The van der Waals surface area contributed by atoms with E-state index < -0.39 is 12.1 Å². The van der Waals surface area contributed by atoms with Crippen LogP contribution < -0.4 is 5.73 Å². The van der Waals surface area contributed by atoms with Gasteiger partial charge in [0, 0.05) is 12.6 Å². The van der Waals surface area contributed by atoms with Gasteiger partial charge in [-0.15, -0.1) is 0 Å². The number of nitriles is 1. The summed E-state index contributed by atoms with van der Waals surface area (Å²) in [5.41, 5.74) is 5.60. The molecule has 0 saturated heterocycles. The van der Waals surface area contributed by atoms with Gasteiger partial charge in [-0.25, -0.2) is 0 Å². The highest BCUT2D eigenvalue weighted by atomic mass is 19.4. The lowest BCUT2D eigenvalue weighted by Crippen LogP contribution is -2.42. The largest absolute Gasteiger partial charge is 0.405 e. The maximum Gasteiger partial charge on any atom is 0.405 e. The number of rotatable bonds is 4. The second-order valence-electron chi connectivity index (χ2n) is 4.66. The Hall–Kier alpha value is -0.800. The Morgan fingerprint density at radius 2 is 2.12 bits per heavy atom. The number of hydrogen-bond acceptors (Lipinski definition) is 3. The average Bonchev–Trinajstić information content (AvgIpc) is 2.71. The summed E-state index contributed by atoms with van der Waals surface area (Å²) < 4.78 is 37.4. The van der Waals surface area contributed by atoms with Crippen molar-refractivity contribution in [3.05, 3.63) is 0 Å². The minimum absolute atomic E-state index is 0.0817. The number of halogens is 3. The molecule has 1 saturated carbocycles. The van der Waals surface area contributed by atoms with E-state index in [2.05, 4.69) is 0 Å². The molecule has 1 aliphatic rings. The average molecular weight is 249 g/mol. The standard InChI is InChI=1S/C11H18F3N3/c1-17(7-9(6-16)11(12,13)14)10-4-2-3-8(10)5-15/h8-10H,2-5,7,15H2,1H3. The van der Waals surface area contributed by atoms with Crippen LogP contribution in [0, 0.1) is 23.2 Å². The van der Waals surface area contributed by atoms with Gasteiger partial charge in [0.15, 0.2) is 5.92 Å². The van der Waals surface area contributed by atoms with Gasteiger partial charge in [-0.1, -0.05) is 6.42 Å². The molecule has 0 radical (unpaired) electrons. The molecule has 1 fully saturated rings. The molecule has 1 aliphatic carbocycles. The van der Waals surface area contributed by atoms with E-state index in [1.807, 2.05) is 0 Å². The van der Waals surface area contributed by atoms with Gasteiger partial charge in [0.05, 0.1) is 6.07 Å². The first-order valence-corrected chi connectivity index (χ1v) is 5.76. The zero-order valence-electron chi connectivity index (χ0n) is 9.87. The fraction of sp³-hybridized carbons (Fsp3) is 0.909. The molecule has 0 bridgehead atoms. The SMILES string of the molecule is CN(CC(C#N)C(F)(F)F)C1CCCC1CN. The predicted octanol–water partition coefficient (Wildman–Crippen LogP) is 1.75. The van der Waals surface area contributed by atoms with Gasteiger partial charge in [-0.2, -0.15) is 18.4 Å². The highest BCUT2D eigenvalue weighted by Crippen LogP contribution is 2.31. The van der Waals surface area contributed by atoms with Crippen LogP contribution in [0.3, 0.4) is 0 Å². The molecule has 2 N–H and O–H groups in total. The van der Waals surface area contributed by atoms with Crippen LogP contribution >= 0.6 is 0 Å². The Labute approximate surface area is 99.4 Å². The Morgan fingerprint density at radius 3 is 2.59 bits per heavy atom. The van der Waals surface area contributed by atoms with Gasteiger partial charge in [-0.05, 0) is 32.4 Å². The van der Waals surface area contributed by atoms with Crippen molar-refractivity contribution in [2.24, 2.45) is 17.6 Å². The molecular formula is C11H18F3N3. The van der Waals surface area contributed by atoms with E-state index in [1.54, 1.807) is 11.9 Å². The summed E-state index contributed by atoms with van der Waals surface area (Å²) in [6.45, 7) is 0.236. The lowest BCUT2D eigenvalue weighted by Gasteiger charge is -2.30. The van der Waals surface area contributed by atoms with Crippen LogP contribution in [-0.2, 0) is 0 Å². The Kier molecular flexibility index (Phi) is 4.78. The zero-order chi connectivity index (χ0) is 13.1. The Bertz CT molecular complexity index is 285. The number of hydrogen-bond donors (Lipinski definition) is 1. The lowest BCUT2D eigenvalue weighted by atomic mass is 10.0. The topological polar surface area (TPSA) is 53.0 Å². The molecule has 0 aliphatic heterocycles. The van der Waals surface area contributed by atoms with Gasteiger partial charge in [0.1, 0.15) is 0 Å². The summed E-state index contributed by atoms with van der Waals surface area (Å²) in [4.78, 5) is 1.64. The van der Waals surface area contributed by atoms with Crippen LogP contribution in [0.5, 0.6) is 0 Å². The van der Waals surface area contributed by atoms with Crippen molar-refractivity contribution in [2.45, 2.75) is 31.5 Å². The first-order valence-electron chi connectivity index (χ1n) is 5.76. The maximum absolute atomic E-state index is 12.5. The summed E-state index contributed by atoms with van der Waals surface area (Å²) in [6, 6.07) is 1.41. The third-order valence-electron chi connectivity index (χ3n) is 3.51. The summed E-state index contributed by atoms with van der Waals surface area (Å²) in [5, 5.41) is 8.56. The third-order valence-corrected chi connectivity index (χ3v) is 3.51. The van der Waals surface area contributed by atoms with Crippen molar-refractivity contribution in [2.75, 3.05) is 20.1 Å². The quantitative estimate of drug-likeness (QED) is 0.825. The summed E-state index contributed by atoms with van der Waals surface area (Å²) in [6.07, 6.45) is -1.61. The van der Waals surface area contributed by atoms with Crippen LogP contribution in [0.4, 0.5) is 13.2 Å². The molecule has 0 heterocycles. The van der Waals surface area contributed by atoms with E-state index in [4.69, 9.17) is 11.0 Å². The number of alkyl halides is 3. The first-order chi connectivity index (χ1) is 7.90. The molecule has 3 unspecified atom stereocenters. The fourth-order valence-electron chi connectivity index (χ4n) is 2.51. The van der Waals surface area contributed by atoms with Crippen molar-refractivity contribution in [3.8, 4) is 6.07 Å². The van der Waals surface area contributed by atoms with E-state index in [0.29, 0.717) is 6.54 Å². The normalized spacial score (nSPS) is 27.1. The van der Waals surface area contributed by atoms with Crippen LogP contribution in [0.25, 0.3) is 0 Å². The summed E-state index contributed by atoms with van der Waals surface area (Å²) in [5.74, 6) is -1.65. The Morgan fingerprint density at radius 1 is 1.47 bits per heavy atom. The van der Waals surface area contributed by atoms with Gasteiger partial charge < -0.3 is 10.6 Å². The molecule has 0 aromatic rings. The molecule has 0 aromatic carbocycles. The lowest BCUT2D eigenvalue weighted by molar-refractivity contribution is -0.163. The molecule has 3 atom stereocenters. The van der Waals surface area contributed by atoms with Gasteiger partial charge in [-0.3, -0.25) is 0 Å². The second-order valence-corrected chi connectivity index (χ2v) is 4.66. The number of nitrogens with two attached hydrogens (primary N) is 1. The minimum atomic E-state index is -4.44. The summed E-state index contributed by atoms with van der Waals surface area (Å²) in [7, 11) is 1.65. The van der Waals surface area contributed by atoms with Crippen molar-refractivity contribution in [3.63, 3.8) is 0 Å². The molecule has 3 nitrogen and oxygen atoms in total. The monoisotopic (exact) mass is 249 g/mol. The van der Waals surface area contributed by atoms with Crippen LogP contribution in [0.15, 0.2) is 0 Å². The molecule has 0 spiro atoms. The zero-order valence-corrected chi connectivity index (χ0v) is 9.87. The van der Waals surface area contributed by atoms with Gasteiger partial charge in [0.2, 0.25) is 0 Å². The second kappa shape index (κ2) is 5.69. The van der Waals surface area contributed by atoms with Crippen LogP contribution in [-0.4, -0.2) is 37.3 Å². The van der Waals surface area contributed by atoms with E-state index in [-0.39, 0.29) is 18.5 Å². The first kappa shape index (κ1) is 14.3. The van der Waals surface area contributed by atoms with E-state index in [0.717, 1.165) is 19.3 Å². The number of nitrogens with zero attached hydrogens (tertiary/aromatic N) is 2. The molecule has 0 amide bonds. The molecule has 17 heavy (non-hydrogen) atoms. The van der Waals surface area contributed by atoms with E-state index in [9.17, 15) is 13.2 Å². The maximum atomic E-state index is 12.5. The van der Waals surface area contributed by atoms with Crippen molar-refractivity contribution < 1.29 is 13.2 Å². The van der Waals surface area contributed by atoms with E-state index in [1.165, 1.54) is 6.07 Å². The van der Waals surface area contributed by atoms with E-state index >= 15 is 0 Å². The molecule has 0 aromatic heterocycles. The van der Waals surface area contributed by atoms with Crippen molar-refractivity contribution >= 4 is 0 Å². The van der Waals surface area contributed by atoms with Crippen LogP contribution in [0.2, 0.25) is 0 Å². The summed E-state index contributed by atoms with van der Waals surface area (Å²) >= 11 is 0. The fourth-order valence-corrected chi connectivity index (χ4v) is 2.51. The minimum Gasteiger partial charge on any atom is -0.330 e. The molecule has 98 valence electrons. The molecule has 1 rings (SSSR count). The molecular weight excluding hydrogens is 231 g/mol. The smallest absolute Gasteiger partial charge is 0.330 e.